The average molecular weight is 400 g/mol. The fraction of sp³-hybridized carbons (Fsp3) is 0.571. The third-order valence-corrected chi connectivity index (χ3v) is 5.39. The van der Waals surface area contributed by atoms with Crippen LogP contribution in [0.25, 0.3) is 11.0 Å². The van der Waals surface area contributed by atoms with E-state index in [2.05, 4.69) is 15.3 Å². The zero-order valence-electron chi connectivity index (χ0n) is 17.1. The number of aromatic amines is 1. The first-order valence-corrected chi connectivity index (χ1v) is 10.2. The average Bonchev–Trinajstić information content (AvgIpc) is 3.38. The number of hydrogen-bond donors (Lipinski definition) is 3. The van der Waals surface area contributed by atoms with Crippen LogP contribution in [0.3, 0.4) is 0 Å². The highest BCUT2D eigenvalue weighted by molar-refractivity contribution is 5.94. The summed E-state index contributed by atoms with van der Waals surface area (Å²) in [5.41, 5.74) is 1.03. The van der Waals surface area contributed by atoms with Crippen LogP contribution in [0.5, 0.6) is 0 Å². The van der Waals surface area contributed by atoms with E-state index in [9.17, 15) is 14.7 Å². The van der Waals surface area contributed by atoms with Crippen molar-refractivity contribution in [2.75, 3.05) is 18.4 Å². The lowest BCUT2D eigenvalue weighted by Crippen LogP contribution is -2.47. The number of amides is 2. The lowest BCUT2D eigenvalue weighted by molar-refractivity contribution is -0.117. The number of carbonyl (C=O) groups excluding carboxylic acids is 2. The van der Waals surface area contributed by atoms with Crippen LogP contribution in [-0.2, 0) is 9.53 Å². The lowest BCUT2D eigenvalue weighted by atomic mass is 9.86. The van der Waals surface area contributed by atoms with Crippen LogP contribution in [0.1, 0.15) is 51.5 Å². The largest absolute Gasteiger partial charge is 0.444 e. The molecule has 8 nitrogen and oxygen atoms in total. The maximum Gasteiger partial charge on any atom is 0.410 e. The number of fused-ring (bicyclic) bond motifs is 1. The van der Waals surface area contributed by atoms with E-state index in [0.29, 0.717) is 24.4 Å². The molecule has 156 valence electrons. The molecule has 8 heteroatoms. The Kier molecular flexibility index (Phi) is 4.98. The second kappa shape index (κ2) is 7.33. The zero-order chi connectivity index (χ0) is 20.8. The lowest BCUT2D eigenvalue weighted by Gasteiger charge is -2.37. The fourth-order valence-corrected chi connectivity index (χ4v) is 3.80. The minimum Gasteiger partial charge on any atom is -0.444 e. The van der Waals surface area contributed by atoms with Crippen molar-refractivity contribution in [1.29, 1.82) is 0 Å². The molecule has 1 saturated carbocycles. The van der Waals surface area contributed by atoms with E-state index in [1.807, 2.05) is 32.9 Å². The van der Waals surface area contributed by atoms with Gasteiger partial charge in [-0.2, -0.15) is 0 Å². The molecule has 3 N–H and O–H groups in total. The number of likely N-dealkylation sites (tertiary alicyclic amines) is 1. The van der Waals surface area contributed by atoms with Gasteiger partial charge < -0.3 is 25.0 Å². The number of aromatic nitrogens is 2. The molecule has 1 aliphatic heterocycles. The molecule has 2 aromatic heterocycles. The maximum atomic E-state index is 12.3. The van der Waals surface area contributed by atoms with Gasteiger partial charge in [-0.1, -0.05) is 0 Å². The van der Waals surface area contributed by atoms with Gasteiger partial charge in [0.2, 0.25) is 5.91 Å². The standard InChI is InChI=1S/C21H28N4O4/c1-21(2,3)29-20(28)25-9-7-13(16(26)11-25)15-10-17(24-19(27)12-4-5-12)23-18-14(15)6-8-22-18/h6,8,10,12-13,16,26H,4-5,7,9,11H2,1-3H3,(H2,22,23,24,27). The molecule has 2 amide bonds. The smallest absolute Gasteiger partial charge is 0.410 e. The van der Waals surface area contributed by atoms with Crippen molar-refractivity contribution in [3.63, 3.8) is 0 Å². The van der Waals surface area contributed by atoms with E-state index in [-0.39, 0.29) is 24.3 Å². The summed E-state index contributed by atoms with van der Waals surface area (Å²) in [5.74, 6) is 0.414. The van der Waals surface area contributed by atoms with E-state index in [1.165, 1.54) is 0 Å². The minimum absolute atomic E-state index is 0.00495. The summed E-state index contributed by atoms with van der Waals surface area (Å²) in [6.07, 6.45) is 3.10. The number of H-pyrrole nitrogens is 1. The number of carbonyl (C=O) groups is 2. The number of β-amino-alcohol motifs (C(OH)–C–C–N with tert-alkyl or cyclic N) is 1. The second-order valence-electron chi connectivity index (χ2n) is 8.99. The third kappa shape index (κ3) is 4.37. The van der Waals surface area contributed by atoms with Gasteiger partial charge in [-0.25, -0.2) is 9.78 Å². The molecule has 0 aromatic carbocycles. The van der Waals surface area contributed by atoms with Crippen molar-refractivity contribution in [2.24, 2.45) is 5.92 Å². The summed E-state index contributed by atoms with van der Waals surface area (Å²) in [6.45, 7) is 6.17. The summed E-state index contributed by atoms with van der Waals surface area (Å²) in [7, 11) is 0. The normalized spacial score (nSPS) is 22.6. The van der Waals surface area contributed by atoms with Crippen molar-refractivity contribution in [2.45, 2.75) is 57.7 Å². The van der Waals surface area contributed by atoms with Gasteiger partial charge in [0, 0.05) is 30.0 Å². The molecule has 0 spiro atoms. The van der Waals surface area contributed by atoms with Crippen LogP contribution in [0.4, 0.5) is 10.6 Å². The second-order valence-corrected chi connectivity index (χ2v) is 8.99. The Morgan fingerprint density at radius 2 is 2.07 bits per heavy atom. The topological polar surface area (TPSA) is 108 Å². The summed E-state index contributed by atoms with van der Waals surface area (Å²) in [4.78, 5) is 33.7. The number of pyridine rings is 1. The molecular weight excluding hydrogens is 372 g/mol. The molecule has 0 radical (unpaired) electrons. The van der Waals surface area contributed by atoms with E-state index in [1.54, 1.807) is 11.1 Å². The Morgan fingerprint density at radius 3 is 2.72 bits per heavy atom. The van der Waals surface area contributed by atoms with Gasteiger partial charge in [-0.3, -0.25) is 4.79 Å². The van der Waals surface area contributed by atoms with Crippen molar-refractivity contribution in [1.82, 2.24) is 14.9 Å². The Morgan fingerprint density at radius 1 is 1.31 bits per heavy atom. The highest BCUT2D eigenvalue weighted by Gasteiger charge is 2.35. The number of rotatable bonds is 3. The molecule has 2 aliphatic rings. The van der Waals surface area contributed by atoms with Gasteiger partial charge in [-0.15, -0.1) is 0 Å². The Labute approximate surface area is 169 Å². The Bertz CT molecular complexity index is 928. The molecule has 2 fully saturated rings. The van der Waals surface area contributed by atoms with Crippen LogP contribution in [0.2, 0.25) is 0 Å². The van der Waals surface area contributed by atoms with Crippen LogP contribution in [0.15, 0.2) is 18.3 Å². The van der Waals surface area contributed by atoms with E-state index >= 15 is 0 Å². The molecule has 2 atom stereocenters. The molecule has 1 saturated heterocycles. The number of nitrogens with zero attached hydrogens (tertiary/aromatic N) is 2. The quantitative estimate of drug-likeness (QED) is 0.734. The number of hydrogen-bond acceptors (Lipinski definition) is 5. The predicted octanol–water partition coefficient (Wildman–Crippen LogP) is 3.00. The van der Waals surface area contributed by atoms with Gasteiger partial charge in [0.25, 0.3) is 0 Å². The first-order chi connectivity index (χ1) is 13.7. The van der Waals surface area contributed by atoms with Gasteiger partial charge in [0.15, 0.2) is 0 Å². The molecule has 2 unspecified atom stereocenters. The summed E-state index contributed by atoms with van der Waals surface area (Å²) in [6, 6.07) is 3.78. The monoisotopic (exact) mass is 400 g/mol. The molecule has 3 heterocycles. The van der Waals surface area contributed by atoms with Crippen LogP contribution in [-0.4, -0.2) is 56.8 Å². The summed E-state index contributed by atoms with van der Waals surface area (Å²) in [5, 5.41) is 14.7. The van der Waals surface area contributed by atoms with Crippen molar-refractivity contribution in [3.8, 4) is 0 Å². The number of ether oxygens (including phenoxy) is 1. The van der Waals surface area contributed by atoms with Gasteiger partial charge >= 0.3 is 6.09 Å². The highest BCUT2D eigenvalue weighted by Crippen LogP contribution is 2.35. The van der Waals surface area contributed by atoms with Crippen LogP contribution in [0, 0.1) is 5.92 Å². The predicted molar refractivity (Wildman–Crippen MR) is 109 cm³/mol. The van der Waals surface area contributed by atoms with Crippen molar-refractivity contribution >= 4 is 28.9 Å². The first kappa shape index (κ1) is 19.7. The molecule has 0 bridgehead atoms. The van der Waals surface area contributed by atoms with Crippen molar-refractivity contribution in [3.05, 3.63) is 23.9 Å². The zero-order valence-corrected chi connectivity index (χ0v) is 17.1. The number of piperidine rings is 1. The van der Waals surface area contributed by atoms with E-state index in [0.717, 1.165) is 23.8 Å². The maximum absolute atomic E-state index is 12.3. The van der Waals surface area contributed by atoms with Crippen LogP contribution >= 0.6 is 0 Å². The van der Waals surface area contributed by atoms with Crippen molar-refractivity contribution < 1.29 is 19.4 Å². The minimum atomic E-state index is -0.733. The number of aliphatic hydroxyl groups excluding tert-OH is 1. The van der Waals surface area contributed by atoms with Gasteiger partial charge in [0.1, 0.15) is 17.1 Å². The molecule has 4 rings (SSSR count). The number of nitrogens with one attached hydrogen (secondary N) is 2. The summed E-state index contributed by atoms with van der Waals surface area (Å²) >= 11 is 0. The Balaban J connectivity index is 1.54. The van der Waals surface area contributed by atoms with E-state index < -0.39 is 17.8 Å². The van der Waals surface area contributed by atoms with Gasteiger partial charge in [-0.05, 0) is 57.7 Å². The van der Waals surface area contributed by atoms with Crippen LogP contribution < -0.4 is 5.32 Å². The number of anilines is 1. The highest BCUT2D eigenvalue weighted by atomic mass is 16.6. The SMILES string of the molecule is CC(C)(C)OC(=O)N1CCC(c2cc(NC(=O)C3CC3)nc3[nH]ccc23)C(O)C1. The summed E-state index contributed by atoms with van der Waals surface area (Å²) < 4.78 is 5.43. The third-order valence-electron chi connectivity index (χ3n) is 5.39. The first-order valence-electron chi connectivity index (χ1n) is 10.2. The molecule has 1 aliphatic carbocycles. The van der Waals surface area contributed by atoms with Gasteiger partial charge in [0.05, 0.1) is 12.6 Å². The molecule has 29 heavy (non-hydrogen) atoms. The Hall–Kier alpha value is -2.61. The molecule has 2 aromatic rings. The number of aliphatic hydroxyl groups is 1. The fourth-order valence-electron chi connectivity index (χ4n) is 3.80. The molecular formula is C21H28N4O4. The van der Waals surface area contributed by atoms with E-state index in [4.69, 9.17) is 4.74 Å².